The molecule has 0 amide bonds. The van der Waals surface area contributed by atoms with Crippen molar-refractivity contribution in [1.82, 2.24) is 4.98 Å². The molecule has 0 unspecified atom stereocenters. The van der Waals surface area contributed by atoms with E-state index in [9.17, 15) is 4.79 Å². The lowest BCUT2D eigenvalue weighted by molar-refractivity contribution is 1.36. The molecule has 0 fully saturated rings. The van der Waals surface area contributed by atoms with Crippen molar-refractivity contribution in [2.24, 2.45) is 0 Å². The lowest BCUT2D eigenvalue weighted by Crippen LogP contribution is -2.02. The quantitative estimate of drug-likeness (QED) is 0.774. The lowest BCUT2D eigenvalue weighted by Gasteiger charge is -1.98. The molecule has 0 spiro atoms. The van der Waals surface area contributed by atoms with Crippen molar-refractivity contribution < 1.29 is 0 Å². The van der Waals surface area contributed by atoms with E-state index in [0.29, 0.717) is 14.9 Å². The average Bonchev–Trinajstić information content (AvgIpc) is 2.12. The van der Waals surface area contributed by atoms with Crippen LogP contribution in [0.3, 0.4) is 0 Å². The fraction of sp³-hybridized carbons (Fsp3) is 0. The van der Waals surface area contributed by atoms with Crippen LogP contribution in [0, 0.1) is 0 Å². The molecule has 0 aliphatic heterocycles. The van der Waals surface area contributed by atoms with Crippen LogP contribution in [0.4, 0.5) is 0 Å². The van der Waals surface area contributed by atoms with Crippen molar-refractivity contribution in [3.05, 3.63) is 44.1 Å². The number of nitrogens with one attached hydrogen (secondary N) is 1. The number of pyridine rings is 1. The van der Waals surface area contributed by atoms with E-state index in [2.05, 4.69) is 20.9 Å². The molecule has 0 saturated carbocycles. The lowest BCUT2D eigenvalue weighted by atomic mass is 10.2. The van der Waals surface area contributed by atoms with Crippen LogP contribution in [0.2, 0.25) is 5.02 Å². The van der Waals surface area contributed by atoms with E-state index in [1.54, 1.807) is 24.4 Å². The number of rotatable bonds is 0. The summed E-state index contributed by atoms with van der Waals surface area (Å²) in [4.78, 5) is 14.5. The largest absolute Gasteiger partial charge is 0.360 e. The zero-order chi connectivity index (χ0) is 9.42. The smallest absolute Gasteiger partial charge is 0.203 e. The van der Waals surface area contributed by atoms with Gasteiger partial charge in [-0.2, -0.15) is 0 Å². The molecule has 13 heavy (non-hydrogen) atoms. The molecule has 2 aromatic rings. The minimum absolute atomic E-state index is 0.0451. The van der Waals surface area contributed by atoms with Gasteiger partial charge in [-0.05, 0) is 34.1 Å². The van der Waals surface area contributed by atoms with Crippen LogP contribution in [0.1, 0.15) is 0 Å². The van der Waals surface area contributed by atoms with E-state index >= 15 is 0 Å². The minimum atomic E-state index is -0.0451. The second kappa shape index (κ2) is 3.16. The molecule has 0 aliphatic rings. The number of hydrogen-bond donors (Lipinski definition) is 1. The fourth-order valence-corrected chi connectivity index (χ4v) is 1.67. The Hall–Kier alpha value is -0.800. The maximum atomic E-state index is 11.6. The molecule has 1 N–H and O–H groups in total. The Balaban J connectivity index is 2.97. The maximum absolute atomic E-state index is 11.6. The fourth-order valence-electron chi connectivity index (χ4n) is 1.17. The summed E-state index contributed by atoms with van der Waals surface area (Å²) in [6.45, 7) is 0. The topological polar surface area (TPSA) is 32.9 Å². The van der Waals surface area contributed by atoms with Crippen molar-refractivity contribution in [1.29, 1.82) is 0 Å². The Labute approximate surface area is 87.7 Å². The van der Waals surface area contributed by atoms with E-state index in [0.717, 1.165) is 5.52 Å². The Kier molecular flexibility index (Phi) is 2.14. The first-order valence-electron chi connectivity index (χ1n) is 3.65. The predicted molar refractivity (Wildman–Crippen MR) is 57.3 cm³/mol. The Morgan fingerprint density at radius 2 is 2.15 bits per heavy atom. The van der Waals surface area contributed by atoms with Crippen molar-refractivity contribution in [2.45, 2.75) is 0 Å². The molecule has 0 radical (unpaired) electrons. The molecule has 0 atom stereocenters. The zero-order valence-corrected chi connectivity index (χ0v) is 8.82. The van der Waals surface area contributed by atoms with Gasteiger partial charge in [-0.25, -0.2) is 0 Å². The molecular formula is C9H5BrClNO. The van der Waals surface area contributed by atoms with Gasteiger partial charge in [0.15, 0.2) is 0 Å². The van der Waals surface area contributed by atoms with Gasteiger partial charge in [0.2, 0.25) is 5.43 Å². The summed E-state index contributed by atoms with van der Waals surface area (Å²) in [5, 5.41) is 1.16. The number of benzene rings is 1. The monoisotopic (exact) mass is 257 g/mol. The van der Waals surface area contributed by atoms with Crippen molar-refractivity contribution in [2.75, 3.05) is 0 Å². The SMILES string of the molecule is O=c1c(Br)c[nH]c2ccc(Cl)cc12. The van der Waals surface area contributed by atoms with Gasteiger partial charge < -0.3 is 4.98 Å². The van der Waals surface area contributed by atoms with Crippen molar-refractivity contribution in [3.8, 4) is 0 Å². The van der Waals surface area contributed by atoms with Gasteiger partial charge in [-0.3, -0.25) is 4.79 Å². The van der Waals surface area contributed by atoms with Crippen molar-refractivity contribution in [3.63, 3.8) is 0 Å². The van der Waals surface area contributed by atoms with Gasteiger partial charge in [0.1, 0.15) is 0 Å². The number of hydrogen-bond acceptors (Lipinski definition) is 1. The molecule has 4 heteroatoms. The summed E-state index contributed by atoms with van der Waals surface area (Å²) in [5.74, 6) is 0. The normalized spacial score (nSPS) is 10.6. The molecule has 1 aromatic heterocycles. The highest BCUT2D eigenvalue weighted by molar-refractivity contribution is 9.10. The van der Waals surface area contributed by atoms with Crippen molar-refractivity contribution >= 4 is 38.4 Å². The van der Waals surface area contributed by atoms with Gasteiger partial charge in [-0.15, -0.1) is 0 Å². The predicted octanol–water partition coefficient (Wildman–Crippen LogP) is 2.94. The van der Waals surface area contributed by atoms with Gasteiger partial charge in [0.05, 0.1) is 4.47 Å². The summed E-state index contributed by atoms with van der Waals surface area (Å²) in [7, 11) is 0. The second-order valence-electron chi connectivity index (χ2n) is 2.66. The number of fused-ring (bicyclic) bond motifs is 1. The average molecular weight is 259 g/mol. The van der Waals surface area contributed by atoms with E-state index in [1.165, 1.54) is 0 Å². The molecule has 2 rings (SSSR count). The molecule has 0 bridgehead atoms. The van der Waals surface area contributed by atoms with Crippen LogP contribution in [-0.4, -0.2) is 4.98 Å². The van der Waals surface area contributed by atoms with Gasteiger partial charge >= 0.3 is 0 Å². The molecule has 66 valence electrons. The first-order chi connectivity index (χ1) is 6.18. The van der Waals surface area contributed by atoms with Crippen LogP contribution in [0.5, 0.6) is 0 Å². The zero-order valence-electron chi connectivity index (χ0n) is 6.47. The van der Waals surface area contributed by atoms with Gasteiger partial charge in [0, 0.05) is 22.1 Å². The number of H-pyrrole nitrogens is 1. The molecule has 0 saturated heterocycles. The maximum Gasteiger partial charge on any atom is 0.203 e. The third-order valence-electron chi connectivity index (χ3n) is 1.80. The second-order valence-corrected chi connectivity index (χ2v) is 3.95. The van der Waals surface area contributed by atoms with Crippen LogP contribution in [0.15, 0.2) is 33.7 Å². The summed E-state index contributed by atoms with van der Waals surface area (Å²) >= 11 is 8.93. The summed E-state index contributed by atoms with van der Waals surface area (Å²) in [6, 6.07) is 5.18. The van der Waals surface area contributed by atoms with E-state index in [-0.39, 0.29) is 5.43 Å². The Morgan fingerprint density at radius 1 is 1.38 bits per heavy atom. The highest BCUT2D eigenvalue weighted by atomic mass is 79.9. The summed E-state index contributed by atoms with van der Waals surface area (Å²) in [6.07, 6.45) is 1.62. The summed E-state index contributed by atoms with van der Waals surface area (Å²) < 4.78 is 0.516. The third kappa shape index (κ3) is 1.49. The standard InChI is InChI=1S/C9H5BrClNO/c10-7-4-12-8-2-1-5(11)3-6(8)9(7)13/h1-4H,(H,12,13). The van der Waals surface area contributed by atoms with Gasteiger partial charge in [-0.1, -0.05) is 11.6 Å². The van der Waals surface area contributed by atoms with E-state index in [4.69, 9.17) is 11.6 Å². The summed E-state index contributed by atoms with van der Waals surface area (Å²) in [5.41, 5.74) is 0.744. The number of halogens is 2. The van der Waals surface area contributed by atoms with Gasteiger partial charge in [0.25, 0.3) is 0 Å². The molecule has 1 heterocycles. The highest BCUT2D eigenvalue weighted by Crippen LogP contribution is 2.16. The van der Waals surface area contributed by atoms with Crippen LogP contribution in [-0.2, 0) is 0 Å². The van der Waals surface area contributed by atoms with E-state index in [1.807, 2.05) is 0 Å². The third-order valence-corrected chi connectivity index (χ3v) is 2.62. The first-order valence-corrected chi connectivity index (χ1v) is 4.82. The Bertz CT molecular complexity index is 515. The molecule has 2 nitrogen and oxygen atoms in total. The van der Waals surface area contributed by atoms with Crippen LogP contribution >= 0.6 is 27.5 Å². The van der Waals surface area contributed by atoms with E-state index < -0.39 is 0 Å². The number of aromatic nitrogens is 1. The minimum Gasteiger partial charge on any atom is -0.360 e. The highest BCUT2D eigenvalue weighted by Gasteiger charge is 2.02. The molecule has 0 aliphatic carbocycles. The molecule has 1 aromatic carbocycles. The van der Waals surface area contributed by atoms with Crippen LogP contribution < -0.4 is 5.43 Å². The molecular weight excluding hydrogens is 253 g/mol. The number of aromatic amines is 1. The Morgan fingerprint density at radius 3 is 2.92 bits per heavy atom. The first kappa shape index (κ1) is 8.78. The van der Waals surface area contributed by atoms with Crippen LogP contribution in [0.25, 0.3) is 10.9 Å².